The van der Waals surface area contributed by atoms with Crippen LogP contribution in [0, 0.1) is 11.8 Å². The fraction of sp³-hybridized carbons (Fsp3) is 0.550. The molecule has 4 rings (SSSR count). The summed E-state index contributed by atoms with van der Waals surface area (Å²) < 4.78 is 0.978. The number of aromatic nitrogens is 1. The van der Waals surface area contributed by atoms with E-state index in [1.165, 1.54) is 24.2 Å². The first-order valence-electron chi connectivity index (χ1n) is 9.67. The zero-order chi connectivity index (χ0) is 19.1. The maximum absolute atomic E-state index is 13.2. The van der Waals surface area contributed by atoms with E-state index in [4.69, 9.17) is 5.73 Å². The average molecular weight is 387 g/mol. The Bertz CT molecular complexity index is 874. The van der Waals surface area contributed by atoms with Gasteiger partial charge in [-0.15, -0.1) is 0 Å². The monoisotopic (exact) mass is 386 g/mol. The van der Waals surface area contributed by atoms with Crippen molar-refractivity contribution in [1.82, 2.24) is 14.8 Å². The number of hydrogen-bond donors (Lipinski definition) is 1. The normalized spacial score (nSPS) is 21.1. The molecule has 1 aliphatic carbocycles. The number of fused-ring (bicyclic) bond motifs is 1. The second-order valence-electron chi connectivity index (χ2n) is 8.04. The molecule has 0 spiro atoms. The van der Waals surface area contributed by atoms with E-state index in [1.807, 2.05) is 28.0 Å². The highest BCUT2D eigenvalue weighted by molar-refractivity contribution is 7.22. The maximum Gasteiger partial charge on any atom is 0.254 e. The number of rotatable bonds is 4. The first-order valence-corrected chi connectivity index (χ1v) is 10.5. The lowest BCUT2D eigenvalue weighted by molar-refractivity contribution is -0.133. The number of nitrogen functional groups attached to an aromatic ring is 1. The van der Waals surface area contributed by atoms with Crippen LogP contribution in [0.1, 0.15) is 43.5 Å². The number of carbonyl (C=O) groups excluding carboxylic acids is 2. The molecule has 0 radical (unpaired) electrons. The van der Waals surface area contributed by atoms with Gasteiger partial charge in [0.05, 0.1) is 16.3 Å². The van der Waals surface area contributed by atoms with Gasteiger partial charge in [0.2, 0.25) is 5.91 Å². The van der Waals surface area contributed by atoms with Crippen LogP contribution in [0.5, 0.6) is 0 Å². The molecular formula is C20H26N4O2S. The predicted molar refractivity (Wildman–Crippen MR) is 108 cm³/mol. The van der Waals surface area contributed by atoms with Gasteiger partial charge >= 0.3 is 0 Å². The second kappa shape index (κ2) is 7.11. The number of nitrogens with zero attached hydrogens (tertiary/aromatic N) is 3. The molecule has 2 aromatic rings. The minimum atomic E-state index is -0.0322. The summed E-state index contributed by atoms with van der Waals surface area (Å²) in [5.41, 5.74) is 7.14. The van der Waals surface area contributed by atoms with Crippen molar-refractivity contribution in [3.8, 4) is 0 Å². The number of thiazole rings is 1. The summed E-state index contributed by atoms with van der Waals surface area (Å²) in [7, 11) is 0. The summed E-state index contributed by atoms with van der Waals surface area (Å²) in [4.78, 5) is 34.1. The van der Waals surface area contributed by atoms with E-state index in [0.29, 0.717) is 42.0 Å². The Morgan fingerprint density at radius 1 is 1.37 bits per heavy atom. The third kappa shape index (κ3) is 3.78. The third-order valence-electron chi connectivity index (χ3n) is 5.58. The lowest BCUT2D eigenvalue weighted by Crippen LogP contribution is -2.48. The molecule has 2 heterocycles. The molecule has 0 bridgehead atoms. The standard InChI is InChI=1S/C20H26N4O2S/c1-12(2)16-11-23(8-7-18(25)24(16)10-13-3-4-13)19(26)14-5-6-17-15(9-14)22-20(21)27-17/h5-6,9,12-13,16H,3-4,7-8,10-11H2,1-2H3,(H2,21,22). The van der Waals surface area contributed by atoms with Gasteiger partial charge in [-0.25, -0.2) is 4.98 Å². The average Bonchev–Trinajstić information content (AvgIpc) is 3.39. The van der Waals surface area contributed by atoms with E-state index in [2.05, 4.69) is 18.8 Å². The molecule has 2 aliphatic rings. The highest BCUT2D eigenvalue weighted by Crippen LogP contribution is 2.32. The molecule has 1 unspecified atom stereocenters. The van der Waals surface area contributed by atoms with Crippen molar-refractivity contribution in [3.63, 3.8) is 0 Å². The molecule has 27 heavy (non-hydrogen) atoms. The quantitative estimate of drug-likeness (QED) is 0.876. The summed E-state index contributed by atoms with van der Waals surface area (Å²) in [5.74, 6) is 1.10. The highest BCUT2D eigenvalue weighted by atomic mass is 32.1. The van der Waals surface area contributed by atoms with Gasteiger partial charge in [0, 0.05) is 31.6 Å². The van der Waals surface area contributed by atoms with Crippen molar-refractivity contribution in [2.45, 2.75) is 39.2 Å². The van der Waals surface area contributed by atoms with Gasteiger partial charge < -0.3 is 15.5 Å². The molecule has 1 saturated carbocycles. The van der Waals surface area contributed by atoms with Crippen LogP contribution in [0.4, 0.5) is 5.13 Å². The molecule has 144 valence electrons. The van der Waals surface area contributed by atoms with Gasteiger partial charge in [-0.3, -0.25) is 9.59 Å². The summed E-state index contributed by atoms with van der Waals surface area (Å²) in [6, 6.07) is 5.62. The zero-order valence-electron chi connectivity index (χ0n) is 15.9. The van der Waals surface area contributed by atoms with Crippen molar-refractivity contribution in [2.24, 2.45) is 11.8 Å². The van der Waals surface area contributed by atoms with Crippen molar-refractivity contribution >= 4 is 38.5 Å². The van der Waals surface area contributed by atoms with Crippen molar-refractivity contribution in [2.75, 3.05) is 25.4 Å². The number of benzene rings is 1. The second-order valence-corrected chi connectivity index (χ2v) is 9.10. The summed E-state index contributed by atoms with van der Waals surface area (Å²) in [6.07, 6.45) is 2.83. The Hall–Kier alpha value is -2.15. The van der Waals surface area contributed by atoms with Crippen LogP contribution < -0.4 is 5.73 Å². The SMILES string of the molecule is CC(C)C1CN(C(=O)c2ccc3sc(N)nc3c2)CCC(=O)N1CC1CC1. The lowest BCUT2D eigenvalue weighted by atomic mass is 10.0. The van der Waals surface area contributed by atoms with Gasteiger partial charge in [-0.1, -0.05) is 25.2 Å². The Balaban J connectivity index is 1.57. The zero-order valence-corrected chi connectivity index (χ0v) is 16.7. The summed E-state index contributed by atoms with van der Waals surface area (Å²) in [5, 5.41) is 0.505. The molecule has 1 aromatic heterocycles. The minimum absolute atomic E-state index is 0.0322. The Labute approximate surface area is 163 Å². The Kier molecular flexibility index (Phi) is 4.80. The molecular weight excluding hydrogens is 360 g/mol. The largest absolute Gasteiger partial charge is 0.375 e. The first kappa shape index (κ1) is 18.2. The van der Waals surface area contributed by atoms with Crippen LogP contribution >= 0.6 is 11.3 Å². The lowest BCUT2D eigenvalue weighted by Gasteiger charge is -2.34. The number of anilines is 1. The fourth-order valence-electron chi connectivity index (χ4n) is 3.81. The maximum atomic E-state index is 13.2. The number of hydrogen-bond acceptors (Lipinski definition) is 5. The molecule has 1 atom stereocenters. The summed E-state index contributed by atoms with van der Waals surface area (Å²) >= 11 is 1.42. The molecule has 1 saturated heterocycles. The Morgan fingerprint density at radius 2 is 2.15 bits per heavy atom. The van der Waals surface area contributed by atoms with Crippen LogP contribution in [0.15, 0.2) is 18.2 Å². The van der Waals surface area contributed by atoms with Crippen LogP contribution in [0.3, 0.4) is 0 Å². The van der Waals surface area contributed by atoms with E-state index in [-0.39, 0.29) is 17.9 Å². The molecule has 2 N–H and O–H groups in total. The van der Waals surface area contributed by atoms with Crippen LogP contribution in [-0.4, -0.2) is 52.3 Å². The fourth-order valence-corrected chi connectivity index (χ4v) is 4.52. The number of amides is 2. The van der Waals surface area contributed by atoms with Crippen LogP contribution in [0.25, 0.3) is 10.2 Å². The van der Waals surface area contributed by atoms with Crippen molar-refractivity contribution in [1.29, 1.82) is 0 Å². The van der Waals surface area contributed by atoms with Gasteiger partial charge in [-0.05, 0) is 42.9 Å². The highest BCUT2D eigenvalue weighted by Gasteiger charge is 2.36. The van der Waals surface area contributed by atoms with Crippen LogP contribution in [-0.2, 0) is 4.79 Å². The molecule has 7 heteroatoms. The van der Waals surface area contributed by atoms with Crippen molar-refractivity contribution in [3.05, 3.63) is 23.8 Å². The van der Waals surface area contributed by atoms with E-state index >= 15 is 0 Å². The molecule has 2 amide bonds. The molecule has 6 nitrogen and oxygen atoms in total. The number of nitrogens with two attached hydrogens (primary N) is 1. The molecule has 1 aromatic carbocycles. The van der Waals surface area contributed by atoms with Gasteiger partial charge in [0.25, 0.3) is 5.91 Å². The van der Waals surface area contributed by atoms with E-state index in [0.717, 1.165) is 16.8 Å². The van der Waals surface area contributed by atoms with Gasteiger partial charge in [-0.2, -0.15) is 0 Å². The number of carbonyl (C=O) groups is 2. The molecule has 1 aliphatic heterocycles. The predicted octanol–water partition coefficient (Wildman–Crippen LogP) is 2.99. The smallest absolute Gasteiger partial charge is 0.254 e. The Morgan fingerprint density at radius 3 is 2.85 bits per heavy atom. The van der Waals surface area contributed by atoms with Crippen molar-refractivity contribution < 1.29 is 9.59 Å². The topological polar surface area (TPSA) is 79.5 Å². The van der Waals surface area contributed by atoms with E-state index < -0.39 is 0 Å². The van der Waals surface area contributed by atoms with Gasteiger partial charge in [0.1, 0.15) is 0 Å². The summed E-state index contributed by atoms with van der Waals surface area (Å²) in [6.45, 7) is 6.17. The third-order valence-corrected chi connectivity index (χ3v) is 6.45. The van der Waals surface area contributed by atoms with E-state index in [9.17, 15) is 9.59 Å². The van der Waals surface area contributed by atoms with E-state index in [1.54, 1.807) is 0 Å². The molecule has 2 fully saturated rings. The van der Waals surface area contributed by atoms with Gasteiger partial charge in [0.15, 0.2) is 5.13 Å². The van der Waals surface area contributed by atoms with Crippen LogP contribution in [0.2, 0.25) is 0 Å². The first-order chi connectivity index (χ1) is 12.9. The minimum Gasteiger partial charge on any atom is -0.375 e.